The Morgan fingerprint density at radius 3 is 2.35 bits per heavy atom. The van der Waals surface area contributed by atoms with Crippen molar-refractivity contribution in [1.29, 1.82) is 0 Å². The number of fused-ring (bicyclic) bond motifs is 1. The van der Waals surface area contributed by atoms with Gasteiger partial charge < -0.3 is 10.1 Å². The van der Waals surface area contributed by atoms with Gasteiger partial charge in [-0.05, 0) is 48.6 Å². The zero-order chi connectivity index (χ0) is 23.7. The summed E-state index contributed by atoms with van der Waals surface area (Å²) < 4.78 is 5.62. The Morgan fingerprint density at radius 2 is 1.59 bits per heavy atom. The molecule has 6 nitrogen and oxygen atoms in total. The van der Waals surface area contributed by atoms with Crippen LogP contribution in [0.4, 0.5) is 5.69 Å². The SMILES string of the molecule is O=C(Oc1cccc2ccccc12)c1ccc(NC2=C(Cl)C(=O)N(C3CCCCC3)C2=O)cc1. The molecule has 34 heavy (non-hydrogen) atoms. The van der Waals surface area contributed by atoms with Gasteiger partial charge in [0, 0.05) is 17.1 Å². The monoisotopic (exact) mass is 474 g/mol. The Kier molecular flexibility index (Phi) is 6.07. The largest absolute Gasteiger partial charge is 0.422 e. The summed E-state index contributed by atoms with van der Waals surface area (Å²) in [6.07, 6.45) is 4.73. The molecule has 1 aliphatic carbocycles. The van der Waals surface area contributed by atoms with Crippen molar-refractivity contribution in [1.82, 2.24) is 4.90 Å². The Labute approximate surface area is 202 Å². The Morgan fingerprint density at radius 1 is 0.882 bits per heavy atom. The van der Waals surface area contributed by atoms with Crippen LogP contribution in [-0.2, 0) is 9.59 Å². The van der Waals surface area contributed by atoms with Gasteiger partial charge in [-0.2, -0.15) is 0 Å². The molecule has 0 radical (unpaired) electrons. The summed E-state index contributed by atoms with van der Waals surface area (Å²) in [6, 6.07) is 19.6. The van der Waals surface area contributed by atoms with E-state index in [-0.39, 0.29) is 16.8 Å². The molecule has 5 rings (SSSR count). The highest BCUT2D eigenvalue weighted by Crippen LogP contribution is 2.32. The standard InChI is InChI=1S/C27H23ClN2O4/c28-23-24(26(32)30(25(23)31)20-9-2-1-3-10-20)29-19-15-13-18(14-16-19)27(33)34-22-12-6-8-17-7-4-5-11-21(17)22/h4-8,11-16,20,29H,1-3,9-10H2. The third kappa shape index (κ3) is 4.17. The number of esters is 1. The third-order valence-corrected chi connectivity index (χ3v) is 6.69. The van der Waals surface area contributed by atoms with Crippen molar-refractivity contribution in [2.24, 2.45) is 0 Å². The van der Waals surface area contributed by atoms with E-state index in [9.17, 15) is 14.4 Å². The molecule has 0 spiro atoms. The molecule has 0 bridgehead atoms. The molecule has 1 N–H and O–H groups in total. The number of carbonyl (C=O) groups is 3. The fourth-order valence-electron chi connectivity index (χ4n) is 4.58. The lowest BCUT2D eigenvalue weighted by Gasteiger charge is -2.29. The lowest BCUT2D eigenvalue weighted by atomic mass is 9.94. The first-order valence-corrected chi connectivity index (χ1v) is 11.8. The molecule has 3 aromatic rings. The summed E-state index contributed by atoms with van der Waals surface area (Å²) in [6.45, 7) is 0. The molecule has 3 aromatic carbocycles. The molecule has 1 saturated carbocycles. The van der Waals surface area contributed by atoms with Crippen molar-refractivity contribution in [3.05, 3.63) is 83.0 Å². The van der Waals surface area contributed by atoms with Crippen LogP contribution < -0.4 is 10.1 Å². The van der Waals surface area contributed by atoms with E-state index in [1.807, 2.05) is 36.4 Å². The van der Waals surface area contributed by atoms with Crippen LogP contribution in [0.25, 0.3) is 10.8 Å². The van der Waals surface area contributed by atoms with E-state index in [1.165, 1.54) is 4.90 Å². The number of amides is 2. The first-order chi connectivity index (χ1) is 16.5. The number of nitrogens with one attached hydrogen (secondary N) is 1. The van der Waals surface area contributed by atoms with Crippen molar-refractivity contribution in [3.63, 3.8) is 0 Å². The second kappa shape index (κ2) is 9.31. The van der Waals surface area contributed by atoms with Crippen molar-refractivity contribution < 1.29 is 19.1 Å². The molecular formula is C27H23ClN2O4. The molecule has 2 amide bonds. The van der Waals surface area contributed by atoms with E-state index in [0.717, 1.165) is 42.9 Å². The van der Waals surface area contributed by atoms with Crippen LogP contribution in [0.5, 0.6) is 5.75 Å². The predicted octanol–water partition coefficient (Wildman–Crippen LogP) is 5.62. The van der Waals surface area contributed by atoms with E-state index in [2.05, 4.69) is 5.32 Å². The van der Waals surface area contributed by atoms with Crippen LogP contribution in [0.1, 0.15) is 42.5 Å². The van der Waals surface area contributed by atoms with Gasteiger partial charge in [-0.1, -0.05) is 67.3 Å². The molecule has 1 fully saturated rings. The summed E-state index contributed by atoms with van der Waals surface area (Å²) in [4.78, 5) is 39.6. The van der Waals surface area contributed by atoms with Crippen molar-refractivity contribution in [3.8, 4) is 5.75 Å². The average molecular weight is 475 g/mol. The number of benzene rings is 3. The van der Waals surface area contributed by atoms with E-state index >= 15 is 0 Å². The number of nitrogens with zero attached hydrogens (tertiary/aromatic N) is 1. The van der Waals surface area contributed by atoms with Crippen molar-refractivity contribution >= 4 is 45.8 Å². The van der Waals surface area contributed by atoms with Crippen LogP contribution in [0, 0.1) is 0 Å². The van der Waals surface area contributed by atoms with E-state index < -0.39 is 17.8 Å². The highest BCUT2D eigenvalue weighted by molar-refractivity contribution is 6.48. The lowest BCUT2D eigenvalue weighted by Crippen LogP contribution is -2.42. The summed E-state index contributed by atoms with van der Waals surface area (Å²) >= 11 is 6.24. The first kappa shape index (κ1) is 22.2. The van der Waals surface area contributed by atoms with Crippen LogP contribution in [-0.4, -0.2) is 28.7 Å². The van der Waals surface area contributed by atoms with Gasteiger partial charge in [-0.3, -0.25) is 14.5 Å². The Hall–Kier alpha value is -3.64. The summed E-state index contributed by atoms with van der Waals surface area (Å²) in [5, 5.41) is 4.70. The number of halogens is 1. The van der Waals surface area contributed by atoms with E-state index in [0.29, 0.717) is 17.0 Å². The third-order valence-electron chi connectivity index (χ3n) is 6.34. The first-order valence-electron chi connectivity index (χ1n) is 11.4. The fourth-order valence-corrected chi connectivity index (χ4v) is 4.80. The topological polar surface area (TPSA) is 75.7 Å². The minimum Gasteiger partial charge on any atom is -0.422 e. The fraction of sp³-hybridized carbons (Fsp3) is 0.222. The van der Waals surface area contributed by atoms with Gasteiger partial charge in [0.05, 0.1) is 5.56 Å². The maximum atomic E-state index is 12.9. The van der Waals surface area contributed by atoms with Gasteiger partial charge >= 0.3 is 5.97 Å². The quantitative estimate of drug-likeness (QED) is 0.295. The molecule has 1 aliphatic heterocycles. The van der Waals surface area contributed by atoms with Gasteiger partial charge in [-0.15, -0.1) is 0 Å². The van der Waals surface area contributed by atoms with Gasteiger partial charge in [0.25, 0.3) is 11.8 Å². The molecule has 0 atom stereocenters. The zero-order valence-electron chi connectivity index (χ0n) is 18.4. The molecule has 2 aliphatic rings. The average Bonchev–Trinajstić information content (AvgIpc) is 3.08. The number of carbonyl (C=O) groups excluding carboxylic acids is 3. The van der Waals surface area contributed by atoms with Gasteiger partial charge in [0.1, 0.15) is 16.5 Å². The highest BCUT2D eigenvalue weighted by atomic mass is 35.5. The maximum absolute atomic E-state index is 12.9. The second-order valence-corrected chi connectivity index (χ2v) is 8.91. The molecule has 7 heteroatoms. The smallest absolute Gasteiger partial charge is 0.343 e. The predicted molar refractivity (Wildman–Crippen MR) is 131 cm³/mol. The van der Waals surface area contributed by atoms with Crippen molar-refractivity contribution in [2.45, 2.75) is 38.1 Å². The highest BCUT2D eigenvalue weighted by Gasteiger charge is 2.42. The second-order valence-electron chi connectivity index (χ2n) is 8.53. The van der Waals surface area contributed by atoms with Gasteiger partial charge in [-0.25, -0.2) is 4.79 Å². The number of imide groups is 1. The zero-order valence-corrected chi connectivity index (χ0v) is 19.2. The summed E-state index contributed by atoms with van der Waals surface area (Å²) in [5.41, 5.74) is 0.973. The van der Waals surface area contributed by atoms with Crippen LogP contribution in [0.15, 0.2) is 77.5 Å². The van der Waals surface area contributed by atoms with Gasteiger partial charge in [0.15, 0.2) is 0 Å². The Bertz CT molecular complexity index is 1300. The molecule has 172 valence electrons. The number of hydrogen-bond acceptors (Lipinski definition) is 5. The molecule has 0 aromatic heterocycles. The van der Waals surface area contributed by atoms with Crippen LogP contribution >= 0.6 is 11.6 Å². The van der Waals surface area contributed by atoms with Crippen molar-refractivity contribution in [2.75, 3.05) is 5.32 Å². The maximum Gasteiger partial charge on any atom is 0.343 e. The lowest BCUT2D eigenvalue weighted by molar-refractivity contribution is -0.140. The summed E-state index contributed by atoms with van der Waals surface area (Å²) in [7, 11) is 0. The van der Waals surface area contributed by atoms with Gasteiger partial charge in [0.2, 0.25) is 0 Å². The number of ether oxygens (including phenoxy) is 1. The molecule has 1 heterocycles. The molecule has 0 saturated heterocycles. The summed E-state index contributed by atoms with van der Waals surface area (Å²) in [5.74, 6) is -0.853. The minimum atomic E-state index is -0.490. The van der Waals surface area contributed by atoms with Crippen LogP contribution in [0.2, 0.25) is 0 Å². The minimum absolute atomic E-state index is 0.0725. The molecular weight excluding hydrogens is 452 g/mol. The normalized spacial score (nSPS) is 16.9. The van der Waals surface area contributed by atoms with Crippen LogP contribution in [0.3, 0.4) is 0 Å². The van der Waals surface area contributed by atoms with E-state index in [4.69, 9.17) is 16.3 Å². The number of rotatable bonds is 5. The number of anilines is 1. The van der Waals surface area contributed by atoms with E-state index in [1.54, 1.807) is 30.3 Å². The Balaban J connectivity index is 1.29. The number of hydrogen-bond donors (Lipinski definition) is 1. The molecule has 0 unspecified atom stereocenters.